The van der Waals surface area contributed by atoms with E-state index in [4.69, 9.17) is 5.73 Å². The lowest BCUT2D eigenvalue weighted by Crippen LogP contribution is -2.35. The summed E-state index contributed by atoms with van der Waals surface area (Å²) < 4.78 is 0. The third-order valence-electron chi connectivity index (χ3n) is 3.35. The fourth-order valence-corrected chi connectivity index (χ4v) is 2.22. The van der Waals surface area contributed by atoms with E-state index in [2.05, 4.69) is 20.8 Å². The van der Waals surface area contributed by atoms with E-state index in [1.165, 1.54) is 32.1 Å². The maximum Gasteiger partial charge on any atom is 0.0126 e. The van der Waals surface area contributed by atoms with E-state index >= 15 is 0 Å². The quantitative estimate of drug-likeness (QED) is 0.600. The van der Waals surface area contributed by atoms with E-state index in [1.807, 2.05) is 0 Å². The van der Waals surface area contributed by atoms with Crippen molar-refractivity contribution in [1.29, 1.82) is 0 Å². The Balaban J connectivity index is 2.45. The summed E-state index contributed by atoms with van der Waals surface area (Å²) in [5, 5.41) is 0. The SMILES string of the molecule is CC(C)C1CCCC(C)(N)CC1. The molecule has 1 nitrogen and oxygen atoms in total. The summed E-state index contributed by atoms with van der Waals surface area (Å²) in [5.74, 6) is 1.77. The molecule has 0 heterocycles. The summed E-state index contributed by atoms with van der Waals surface area (Å²) in [4.78, 5) is 0. The van der Waals surface area contributed by atoms with Crippen LogP contribution in [0.2, 0.25) is 0 Å². The zero-order chi connectivity index (χ0) is 9.19. The second-order valence-electron chi connectivity index (χ2n) is 5.09. The van der Waals surface area contributed by atoms with Crippen molar-refractivity contribution in [1.82, 2.24) is 0 Å². The second kappa shape index (κ2) is 3.78. The molecule has 1 saturated carbocycles. The molecule has 2 atom stereocenters. The first kappa shape index (κ1) is 10.0. The third kappa shape index (κ3) is 2.78. The van der Waals surface area contributed by atoms with Crippen LogP contribution >= 0.6 is 0 Å². The zero-order valence-corrected chi connectivity index (χ0v) is 8.77. The van der Waals surface area contributed by atoms with Crippen LogP contribution in [0, 0.1) is 11.8 Å². The van der Waals surface area contributed by atoms with Crippen LogP contribution in [0.5, 0.6) is 0 Å². The predicted octanol–water partition coefficient (Wildman–Crippen LogP) is 2.94. The Hall–Kier alpha value is -0.0400. The summed E-state index contributed by atoms with van der Waals surface area (Å²) in [6.45, 7) is 6.88. The van der Waals surface area contributed by atoms with Crippen molar-refractivity contribution in [2.45, 2.75) is 58.4 Å². The summed E-state index contributed by atoms with van der Waals surface area (Å²) in [6.07, 6.45) is 6.50. The van der Waals surface area contributed by atoms with Gasteiger partial charge in [-0.15, -0.1) is 0 Å². The predicted molar refractivity (Wildman–Crippen MR) is 54.0 cm³/mol. The lowest BCUT2D eigenvalue weighted by atomic mass is 9.88. The fraction of sp³-hybridized carbons (Fsp3) is 1.00. The maximum absolute atomic E-state index is 6.14. The fourth-order valence-electron chi connectivity index (χ4n) is 2.22. The molecule has 12 heavy (non-hydrogen) atoms. The first-order chi connectivity index (χ1) is 5.51. The minimum absolute atomic E-state index is 0.129. The minimum atomic E-state index is 0.129. The van der Waals surface area contributed by atoms with Gasteiger partial charge in [-0.1, -0.05) is 26.7 Å². The summed E-state index contributed by atoms with van der Waals surface area (Å²) in [6, 6.07) is 0. The van der Waals surface area contributed by atoms with Crippen molar-refractivity contribution >= 4 is 0 Å². The average molecular weight is 169 g/mol. The molecule has 0 amide bonds. The Morgan fingerprint density at radius 2 is 1.92 bits per heavy atom. The normalized spacial score (nSPS) is 38.2. The van der Waals surface area contributed by atoms with Gasteiger partial charge in [0.25, 0.3) is 0 Å². The van der Waals surface area contributed by atoms with Gasteiger partial charge in [0.15, 0.2) is 0 Å². The van der Waals surface area contributed by atoms with Crippen LogP contribution < -0.4 is 5.73 Å². The van der Waals surface area contributed by atoms with Gasteiger partial charge in [-0.05, 0) is 38.0 Å². The first-order valence-corrected chi connectivity index (χ1v) is 5.30. The molecule has 1 heteroatoms. The van der Waals surface area contributed by atoms with Crippen LogP contribution in [0.25, 0.3) is 0 Å². The van der Waals surface area contributed by atoms with Crippen LogP contribution in [-0.4, -0.2) is 5.54 Å². The largest absolute Gasteiger partial charge is 0.325 e. The number of rotatable bonds is 1. The Kier molecular flexibility index (Phi) is 3.16. The molecule has 1 aliphatic rings. The molecule has 0 radical (unpaired) electrons. The van der Waals surface area contributed by atoms with Crippen molar-refractivity contribution in [3.8, 4) is 0 Å². The van der Waals surface area contributed by atoms with Gasteiger partial charge in [0.1, 0.15) is 0 Å². The van der Waals surface area contributed by atoms with E-state index in [0.717, 1.165) is 11.8 Å². The number of hydrogen-bond donors (Lipinski definition) is 1. The number of nitrogens with two attached hydrogens (primary N) is 1. The molecule has 0 aliphatic heterocycles. The van der Waals surface area contributed by atoms with Crippen LogP contribution in [0.3, 0.4) is 0 Å². The second-order valence-corrected chi connectivity index (χ2v) is 5.09. The van der Waals surface area contributed by atoms with Crippen molar-refractivity contribution in [3.05, 3.63) is 0 Å². The van der Waals surface area contributed by atoms with E-state index in [-0.39, 0.29) is 5.54 Å². The van der Waals surface area contributed by atoms with Gasteiger partial charge in [-0.2, -0.15) is 0 Å². The van der Waals surface area contributed by atoms with Crippen LogP contribution in [0.4, 0.5) is 0 Å². The monoisotopic (exact) mass is 169 g/mol. The molecule has 0 aromatic heterocycles. The van der Waals surface area contributed by atoms with Crippen LogP contribution in [0.1, 0.15) is 52.9 Å². The third-order valence-corrected chi connectivity index (χ3v) is 3.35. The molecule has 0 aromatic carbocycles. The van der Waals surface area contributed by atoms with Crippen LogP contribution in [-0.2, 0) is 0 Å². The topological polar surface area (TPSA) is 26.0 Å². The molecule has 0 bridgehead atoms. The standard InChI is InChI=1S/C11H23N/c1-9(2)10-5-4-7-11(3,12)8-6-10/h9-10H,4-8,12H2,1-3H3. The lowest BCUT2D eigenvalue weighted by molar-refractivity contribution is 0.330. The van der Waals surface area contributed by atoms with E-state index in [9.17, 15) is 0 Å². The van der Waals surface area contributed by atoms with E-state index in [0.29, 0.717) is 0 Å². The van der Waals surface area contributed by atoms with Gasteiger partial charge in [0.2, 0.25) is 0 Å². The van der Waals surface area contributed by atoms with Gasteiger partial charge in [-0.25, -0.2) is 0 Å². The van der Waals surface area contributed by atoms with Crippen molar-refractivity contribution in [2.75, 3.05) is 0 Å². The van der Waals surface area contributed by atoms with Crippen molar-refractivity contribution in [3.63, 3.8) is 0 Å². The summed E-state index contributed by atoms with van der Waals surface area (Å²) in [5.41, 5.74) is 6.27. The smallest absolute Gasteiger partial charge is 0.0126 e. The zero-order valence-electron chi connectivity index (χ0n) is 8.77. The summed E-state index contributed by atoms with van der Waals surface area (Å²) >= 11 is 0. The molecule has 1 fully saturated rings. The van der Waals surface area contributed by atoms with Gasteiger partial charge >= 0.3 is 0 Å². The van der Waals surface area contributed by atoms with Gasteiger partial charge < -0.3 is 5.73 Å². The Morgan fingerprint density at radius 3 is 2.50 bits per heavy atom. The average Bonchev–Trinajstić information content (AvgIpc) is 2.10. The van der Waals surface area contributed by atoms with Gasteiger partial charge in [-0.3, -0.25) is 0 Å². The van der Waals surface area contributed by atoms with E-state index < -0.39 is 0 Å². The Morgan fingerprint density at radius 1 is 1.25 bits per heavy atom. The highest BCUT2D eigenvalue weighted by Crippen LogP contribution is 2.32. The molecular formula is C11H23N. The molecule has 1 rings (SSSR count). The molecule has 0 spiro atoms. The minimum Gasteiger partial charge on any atom is -0.325 e. The molecule has 72 valence electrons. The van der Waals surface area contributed by atoms with E-state index in [1.54, 1.807) is 0 Å². The van der Waals surface area contributed by atoms with Gasteiger partial charge in [0, 0.05) is 5.54 Å². The molecule has 0 aromatic rings. The number of hydrogen-bond acceptors (Lipinski definition) is 1. The van der Waals surface area contributed by atoms with Crippen molar-refractivity contribution < 1.29 is 0 Å². The van der Waals surface area contributed by atoms with Crippen molar-refractivity contribution in [2.24, 2.45) is 17.6 Å². The van der Waals surface area contributed by atoms with Gasteiger partial charge in [0.05, 0.1) is 0 Å². The summed E-state index contributed by atoms with van der Waals surface area (Å²) in [7, 11) is 0. The lowest BCUT2D eigenvalue weighted by Gasteiger charge is -2.22. The highest BCUT2D eigenvalue weighted by Gasteiger charge is 2.25. The molecule has 2 N–H and O–H groups in total. The molecule has 2 unspecified atom stereocenters. The Bertz CT molecular complexity index is 138. The Labute approximate surface area is 76.7 Å². The highest BCUT2D eigenvalue weighted by molar-refractivity contribution is 4.83. The maximum atomic E-state index is 6.14. The van der Waals surface area contributed by atoms with Crippen LogP contribution in [0.15, 0.2) is 0 Å². The molecule has 0 saturated heterocycles. The molecular weight excluding hydrogens is 146 g/mol. The molecule has 1 aliphatic carbocycles. The first-order valence-electron chi connectivity index (χ1n) is 5.30. The highest BCUT2D eigenvalue weighted by atomic mass is 14.7.